The molecule has 0 bridgehead atoms. The topological polar surface area (TPSA) is 59.8 Å². The van der Waals surface area contributed by atoms with Gasteiger partial charge in [0.05, 0.1) is 12.7 Å². The second-order valence-electron chi connectivity index (χ2n) is 5.68. The highest BCUT2D eigenvalue weighted by Gasteiger charge is 2.28. The van der Waals surface area contributed by atoms with Crippen LogP contribution in [-0.2, 0) is 14.3 Å². The van der Waals surface area contributed by atoms with E-state index in [1.165, 1.54) is 31.0 Å². The highest BCUT2D eigenvalue weighted by molar-refractivity contribution is 8.00. The Bertz CT molecular complexity index is 832. The Morgan fingerprint density at radius 3 is 2.88 bits per heavy atom. The minimum atomic E-state index is -0.367. The van der Waals surface area contributed by atoms with Gasteiger partial charge in [0, 0.05) is 24.9 Å². The predicted molar refractivity (Wildman–Crippen MR) is 98.0 cm³/mol. The number of methoxy groups -OCH3 is 1. The van der Waals surface area contributed by atoms with Crippen molar-refractivity contribution in [2.45, 2.75) is 5.25 Å². The third kappa shape index (κ3) is 4.16. The number of amides is 1. The van der Waals surface area contributed by atoms with Gasteiger partial charge in [-0.2, -0.15) is 0 Å². The van der Waals surface area contributed by atoms with E-state index in [0.717, 1.165) is 0 Å². The Kier molecular flexibility index (Phi) is 5.78. The lowest BCUT2D eigenvalue weighted by atomic mass is 10.1. The molecule has 1 aliphatic heterocycles. The molecule has 136 valence electrons. The van der Waals surface area contributed by atoms with Crippen LogP contribution in [-0.4, -0.2) is 48.0 Å². The van der Waals surface area contributed by atoms with E-state index < -0.39 is 0 Å². The van der Waals surface area contributed by atoms with Crippen molar-refractivity contribution in [1.82, 2.24) is 4.90 Å². The first-order valence-electron chi connectivity index (χ1n) is 8.09. The summed E-state index contributed by atoms with van der Waals surface area (Å²) >= 11 is 1.49. The van der Waals surface area contributed by atoms with Gasteiger partial charge in [0.2, 0.25) is 5.91 Å². The van der Waals surface area contributed by atoms with E-state index >= 15 is 0 Å². The maximum absolute atomic E-state index is 13.8. The first-order chi connectivity index (χ1) is 12.6. The highest BCUT2D eigenvalue weighted by atomic mass is 32.2. The fraction of sp³-hybridized carbons (Fsp3) is 0.263. The maximum Gasteiger partial charge on any atom is 0.320 e. The Morgan fingerprint density at radius 2 is 2.12 bits per heavy atom. The van der Waals surface area contributed by atoms with Gasteiger partial charge in [-0.3, -0.25) is 9.59 Å². The molecule has 1 aromatic heterocycles. The lowest BCUT2D eigenvalue weighted by Gasteiger charge is -2.30. The SMILES string of the molecule is COC(=O)[C@H]1CN(C(=O)/C=C/c2ccc(-c3ccccc3F)o2)CCS1. The first-order valence-corrected chi connectivity index (χ1v) is 9.14. The standard InChI is InChI=1S/C19H18FNO4S/c1-24-19(23)17-12-21(10-11-26-17)18(22)9-7-13-6-8-16(25-13)14-4-2-3-5-15(14)20/h2-9,17H,10-12H2,1H3/b9-7+/t17-/m1/s1. The van der Waals surface area contributed by atoms with Crippen molar-refractivity contribution in [1.29, 1.82) is 0 Å². The van der Waals surface area contributed by atoms with Crippen LogP contribution >= 0.6 is 11.8 Å². The summed E-state index contributed by atoms with van der Waals surface area (Å²) in [6.45, 7) is 0.888. The summed E-state index contributed by atoms with van der Waals surface area (Å²) in [5.74, 6) is 0.633. The van der Waals surface area contributed by atoms with Crippen LogP contribution in [0, 0.1) is 5.82 Å². The summed E-state index contributed by atoms with van der Waals surface area (Å²) in [5.41, 5.74) is 0.368. The number of thioether (sulfide) groups is 1. The number of halogens is 1. The first kappa shape index (κ1) is 18.3. The van der Waals surface area contributed by atoms with Crippen LogP contribution in [0.25, 0.3) is 17.4 Å². The second-order valence-corrected chi connectivity index (χ2v) is 6.99. The van der Waals surface area contributed by atoms with Crippen LogP contribution < -0.4 is 0 Å². The largest absolute Gasteiger partial charge is 0.468 e. The van der Waals surface area contributed by atoms with E-state index in [4.69, 9.17) is 9.15 Å². The van der Waals surface area contributed by atoms with Crippen LogP contribution in [0.3, 0.4) is 0 Å². The van der Waals surface area contributed by atoms with Gasteiger partial charge >= 0.3 is 5.97 Å². The fourth-order valence-electron chi connectivity index (χ4n) is 2.63. The molecule has 0 unspecified atom stereocenters. The number of rotatable bonds is 4. The van der Waals surface area contributed by atoms with Crippen molar-refractivity contribution >= 4 is 29.7 Å². The number of hydrogen-bond donors (Lipinski definition) is 0. The molecule has 7 heteroatoms. The lowest BCUT2D eigenvalue weighted by Crippen LogP contribution is -2.44. The van der Waals surface area contributed by atoms with E-state index in [-0.39, 0.29) is 22.9 Å². The Morgan fingerprint density at radius 1 is 1.31 bits per heavy atom. The molecule has 5 nitrogen and oxygen atoms in total. The monoisotopic (exact) mass is 375 g/mol. The van der Waals surface area contributed by atoms with Gasteiger partial charge in [0.25, 0.3) is 0 Å². The third-order valence-electron chi connectivity index (χ3n) is 4.00. The number of esters is 1. The second kappa shape index (κ2) is 8.23. The van der Waals surface area contributed by atoms with Crippen LogP contribution in [0.4, 0.5) is 4.39 Å². The number of carbonyl (C=O) groups is 2. The molecular formula is C19H18FNO4S. The molecule has 0 spiro atoms. The number of hydrogen-bond acceptors (Lipinski definition) is 5. The van der Waals surface area contributed by atoms with Gasteiger partial charge < -0.3 is 14.1 Å². The van der Waals surface area contributed by atoms with Crippen molar-refractivity contribution in [2.24, 2.45) is 0 Å². The molecule has 1 saturated heterocycles. The molecule has 0 saturated carbocycles. The van der Waals surface area contributed by atoms with Crippen molar-refractivity contribution in [3.8, 4) is 11.3 Å². The number of ether oxygens (including phenoxy) is 1. The number of nitrogens with zero attached hydrogens (tertiary/aromatic N) is 1. The summed E-state index contributed by atoms with van der Waals surface area (Å²) in [7, 11) is 1.34. The predicted octanol–water partition coefficient (Wildman–Crippen LogP) is 3.22. The summed E-state index contributed by atoms with van der Waals surface area (Å²) < 4.78 is 24.1. The van der Waals surface area contributed by atoms with Gasteiger partial charge in [-0.15, -0.1) is 11.8 Å². The maximum atomic E-state index is 13.8. The zero-order chi connectivity index (χ0) is 18.5. The van der Waals surface area contributed by atoms with Gasteiger partial charge in [0.1, 0.15) is 22.6 Å². The molecule has 0 aliphatic carbocycles. The van der Waals surface area contributed by atoms with Crippen LogP contribution in [0.2, 0.25) is 0 Å². The highest BCUT2D eigenvalue weighted by Crippen LogP contribution is 2.25. The van der Waals surface area contributed by atoms with E-state index in [1.54, 1.807) is 41.3 Å². The van der Waals surface area contributed by atoms with Crippen molar-refractivity contribution < 1.29 is 23.1 Å². The Balaban J connectivity index is 1.66. The summed E-state index contributed by atoms with van der Waals surface area (Å²) in [6, 6.07) is 9.67. The van der Waals surface area contributed by atoms with Gasteiger partial charge in [-0.25, -0.2) is 4.39 Å². The Labute approximate surface area is 154 Å². The number of carbonyl (C=O) groups excluding carboxylic acids is 2. The zero-order valence-corrected chi connectivity index (χ0v) is 15.0. The fourth-order valence-corrected chi connectivity index (χ4v) is 3.76. The van der Waals surface area contributed by atoms with E-state index in [0.29, 0.717) is 35.9 Å². The van der Waals surface area contributed by atoms with E-state index in [1.807, 2.05) is 0 Å². The molecule has 0 radical (unpaired) electrons. The van der Waals surface area contributed by atoms with Crippen molar-refractivity contribution in [3.05, 3.63) is 54.1 Å². The van der Waals surface area contributed by atoms with E-state index in [2.05, 4.69) is 0 Å². The zero-order valence-electron chi connectivity index (χ0n) is 14.2. The van der Waals surface area contributed by atoms with Crippen LogP contribution in [0.1, 0.15) is 5.76 Å². The summed E-state index contributed by atoms with van der Waals surface area (Å²) in [4.78, 5) is 25.6. The summed E-state index contributed by atoms with van der Waals surface area (Å²) in [6.07, 6.45) is 2.94. The molecule has 1 atom stereocenters. The van der Waals surface area contributed by atoms with Crippen LogP contribution in [0.15, 0.2) is 46.9 Å². The average Bonchev–Trinajstić information content (AvgIpc) is 3.14. The quantitative estimate of drug-likeness (QED) is 0.607. The molecule has 2 aromatic rings. The molecule has 3 rings (SSSR count). The lowest BCUT2D eigenvalue weighted by molar-refractivity contribution is -0.140. The number of benzene rings is 1. The van der Waals surface area contributed by atoms with Crippen LogP contribution in [0.5, 0.6) is 0 Å². The van der Waals surface area contributed by atoms with E-state index in [9.17, 15) is 14.0 Å². The molecule has 1 aromatic carbocycles. The average molecular weight is 375 g/mol. The molecule has 1 aliphatic rings. The molecule has 0 N–H and O–H groups in total. The normalized spacial score (nSPS) is 17.5. The smallest absolute Gasteiger partial charge is 0.320 e. The molecule has 26 heavy (non-hydrogen) atoms. The third-order valence-corrected chi connectivity index (χ3v) is 5.16. The van der Waals surface area contributed by atoms with Crippen molar-refractivity contribution in [2.75, 3.05) is 26.0 Å². The molecule has 1 fully saturated rings. The molecule has 1 amide bonds. The summed E-state index contributed by atoms with van der Waals surface area (Å²) in [5, 5.41) is -0.359. The van der Waals surface area contributed by atoms with Crippen molar-refractivity contribution in [3.63, 3.8) is 0 Å². The minimum Gasteiger partial charge on any atom is -0.468 e. The van der Waals surface area contributed by atoms with Gasteiger partial charge in [0.15, 0.2) is 0 Å². The number of furan rings is 1. The van der Waals surface area contributed by atoms with Gasteiger partial charge in [-0.1, -0.05) is 12.1 Å². The minimum absolute atomic E-state index is 0.206. The molecule has 2 heterocycles. The van der Waals surface area contributed by atoms with Gasteiger partial charge in [-0.05, 0) is 30.3 Å². The Hall–Kier alpha value is -2.54. The molecular weight excluding hydrogens is 357 g/mol.